The van der Waals surface area contributed by atoms with Gasteiger partial charge in [-0.25, -0.2) is 9.78 Å². The van der Waals surface area contributed by atoms with Crippen molar-refractivity contribution in [3.8, 4) is 5.75 Å². The minimum atomic E-state index is -2.32. The highest BCUT2D eigenvalue weighted by Crippen LogP contribution is 2.45. The van der Waals surface area contributed by atoms with Crippen molar-refractivity contribution in [1.29, 1.82) is 0 Å². The van der Waals surface area contributed by atoms with Crippen LogP contribution < -0.4 is 10.2 Å². The Kier molecular flexibility index (Phi) is 8.92. The normalized spacial score (nSPS) is 27.9. The van der Waals surface area contributed by atoms with E-state index in [1.165, 1.54) is 6.07 Å². The molecule has 1 aromatic carbocycles. The van der Waals surface area contributed by atoms with Crippen LogP contribution >= 0.6 is 0 Å². The number of nitrogens with zero attached hydrogens (tertiary/aromatic N) is 2. The Balaban J connectivity index is 1.22. The number of aliphatic hydroxyl groups excluding tert-OH is 4. The third-order valence-corrected chi connectivity index (χ3v) is 9.90. The van der Waals surface area contributed by atoms with E-state index in [0.717, 1.165) is 43.4 Å². The molecular formula is C33H42N2O10. The molecule has 2 aromatic rings. The van der Waals surface area contributed by atoms with Crippen LogP contribution in [-0.2, 0) is 16.2 Å². The Morgan fingerprint density at radius 3 is 2.71 bits per heavy atom. The highest BCUT2D eigenvalue weighted by molar-refractivity contribution is 6.04. The Morgan fingerprint density at radius 1 is 1.18 bits per heavy atom. The molecule has 1 saturated carbocycles. The lowest BCUT2D eigenvalue weighted by Gasteiger charge is -2.47. The summed E-state index contributed by atoms with van der Waals surface area (Å²) in [4.78, 5) is 30.2. The number of aryl methyl sites for hydroxylation is 1. The van der Waals surface area contributed by atoms with Crippen molar-refractivity contribution in [1.82, 2.24) is 4.90 Å². The largest absolute Gasteiger partial charge is 0.484 e. The van der Waals surface area contributed by atoms with Gasteiger partial charge in [-0.1, -0.05) is 19.3 Å². The first-order valence-electron chi connectivity index (χ1n) is 15.6. The van der Waals surface area contributed by atoms with Crippen LogP contribution in [0.15, 0.2) is 57.0 Å². The fourth-order valence-electron chi connectivity index (χ4n) is 7.13. The van der Waals surface area contributed by atoms with Gasteiger partial charge >= 0.3 is 0 Å². The van der Waals surface area contributed by atoms with Gasteiger partial charge < -0.3 is 39.6 Å². The fraction of sp³-hybridized carbons (Fsp3) is 0.576. The van der Waals surface area contributed by atoms with Crippen molar-refractivity contribution in [2.45, 2.75) is 94.0 Å². The zero-order valence-corrected chi connectivity index (χ0v) is 25.5. The average molecular weight is 627 g/mol. The van der Waals surface area contributed by atoms with E-state index >= 15 is 0 Å². The number of hydrogen-bond acceptors (Lipinski definition) is 12. The summed E-state index contributed by atoms with van der Waals surface area (Å²) in [5.41, 5.74) is -1.35. The van der Waals surface area contributed by atoms with Gasteiger partial charge in [0.25, 0.3) is 0 Å². The molecule has 12 nitrogen and oxygen atoms in total. The maximum absolute atomic E-state index is 12.7. The zero-order chi connectivity index (χ0) is 31.9. The predicted molar refractivity (Wildman–Crippen MR) is 164 cm³/mol. The van der Waals surface area contributed by atoms with Crippen LogP contribution in [0.4, 0.5) is 0 Å². The Bertz CT molecular complexity index is 1550. The number of hydrogen-bond donors (Lipinski definition) is 5. The van der Waals surface area contributed by atoms with Gasteiger partial charge in [-0.2, -0.15) is 0 Å². The molecule has 0 saturated heterocycles. The quantitative estimate of drug-likeness (QED) is 0.181. The SMILES string of the molecule is Cc1cc(=O)c2cc3c(cc2o1)O[C@](C)(C1CCCCC1)[C@H](OOC[C@H](O)[C@](O)(CN1C=CC2=NC=CC21)[C@H](O)[C@H](O)CO)C3. The average Bonchev–Trinajstić information content (AvgIpc) is 3.65. The lowest BCUT2D eigenvalue weighted by molar-refractivity contribution is -0.369. The second kappa shape index (κ2) is 12.6. The Labute approximate surface area is 260 Å². The van der Waals surface area contributed by atoms with Crippen molar-refractivity contribution in [2.75, 3.05) is 19.8 Å². The second-order valence-electron chi connectivity index (χ2n) is 12.9. The standard InChI is InChI=1S/C33H42N2O10/c1-19-12-25(37)22-13-20-14-30(32(2,21-6-4-3-5-7-21)44-27(20)15-28(22)43-19)45-42-17-29(39)33(41,31(40)26(38)16-36)18-35-11-9-23-24(35)8-10-34-23/h8-13,15,21,24,26,29-31,36,38-41H,3-7,14,16-18H2,1-2H3/t24?,26-,29+,30-,31-,32-,33-/m1/s1. The summed E-state index contributed by atoms with van der Waals surface area (Å²) in [6, 6.07) is 4.67. The highest BCUT2D eigenvalue weighted by Gasteiger charge is 2.51. The first-order valence-corrected chi connectivity index (χ1v) is 15.6. The zero-order valence-electron chi connectivity index (χ0n) is 25.5. The number of aliphatic hydroxyl groups is 5. The topological polar surface area (TPSA) is 175 Å². The first-order chi connectivity index (χ1) is 21.5. The van der Waals surface area contributed by atoms with Crippen molar-refractivity contribution in [3.05, 3.63) is 64.3 Å². The van der Waals surface area contributed by atoms with E-state index in [-0.39, 0.29) is 23.9 Å². The molecule has 45 heavy (non-hydrogen) atoms. The molecule has 4 heterocycles. The molecule has 1 aromatic heterocycles. The summed E-state index contributed by atoms with van der Waals surface area (Å²) < 4.78 is 12.5. The van der Waals surface area contributed by atoms with Crippen LogP contribution in [0.1, 0.15) is 50.4 Å². The highest BCUT2D eigenvalue weighted by atomic mass is 17.2. The van der Waals surface area contributed by atoms with E-state index in [2.05, 4.69) is 4.99 Å². The lowest BCUT2D eigenvalue weighted by atomic mass is 9.72. The maximum Gasteiger partial charge on any atom is 0.192 e. The summed E-state index contributed by atoms with van der Waals surface area (Å²) in [5.74, 6) is 1.27. The molecule has 0 amide bonds. The summed E-state index contributed by atoms with van der Waals surface area (Å²) in [5, 5.41) is 54.0. The number of fused-ring (bicyclic) bond motifs is 3. The second-order valence-corrected chi connectivity index (χ2v) is 12.9. The molecule has 0 bridgehead atoms. The van der Waals surface area contributed by atoms with Crippen LogP contribution in [0.25, 0.3) is 11.0 Å². The molecule has 1 aliphatic carbocycles. The summed E-state index contributed by atoms with van der Waals surface area (Å²) in [6.45, 7) is 2.03. The van der Waals surface area contributed by atoms with E-state index in [1.54, 1.807) is 48.5 Å². The van der Waals surface area contributed by atoms with E-state index in [4.69, 9.17) is 18.9 Å². The van der Waals surface area contributed by atoms with E-state index in [9.17, 15) is 30.3 Å². The van der Waals surface area contributed by atoms with Gasteiger partial charge in [0.05, 0.1) is 30.3 Å². The molecule has 3 aliphatic heterocycles. The third-order valence-electron chi connectivity index (χ3n) is 9.90. The lowest BCUT2D eigenvalue weighted by Crippen LogP contribution is -2.64. The van der Waals surface area contributed by atoms with Gasteiger partial charge in [0, 0.05) is 36.9 Å². The van der Waals surface area contributed by atoms with Gasteiger partial charge in [0.1, 0.15) is 59.3 Å². The van der Waals surface area contributed by atoms with Gasteiger partial charge in [-0.3, -0.25) is 9.79 Å². The van der Waals surface area contributed by atoms with E-state index in [0.29, 0.717) is 28.9 Å². The minimum Gasteiger partial charge on any atom is -0.484 e. The molecule has 0 radical (unpaired) electrons. The van der Waals surface area contributed by atoms with Crippen molar-refractivity contribution in [3.63, 3.8) is 0 Å². The number of ether oxygens (including phenoxy) is 1. The van der Waals surface area contributed by atoms with E-state index in [1.807, 2.05) is 6.92 Å². The Morgan fingerprint density at radius 2 is 1.96 bits per heavy atom. The summed E-state index contributed by atoms with van der Waals surface area (Å²) >= 11 is 0. The molecule has 1 unspecified atom stereocenters. The van der Waals surface area contributed by atoms with Gasteiger partial charge in [0.2, 0.25) is 0 Å². The number of β-amino-alcohol motifs (C(OH)–C–C–N with tert-alkyl or cyclic N) is 1. The monoisotopic (exact) mass is 626 g/mol. The molecule has 7 atom stereocenters. The third kappa shape index (κ3) is 5.96. The molecule has 1 fully saturated rings. The van der Waals surface area contributed by atoms with Gasteiger partial charge in [-0.05, 0) is 50.5 Å². The fourth-order valence-corrected chi connectivity index (χ4v) is 7.13. The van der Waals surface area contributed by atoms with E-state index < -0.39 is 48.8 Å². The number of rotatable bonds is 11. The van der Waals surface area contributed by atoms with Crippen LogP contribution in [-0.4, -0.2) is 97.6 Å². The number of benzene rings is 1. The van der Waals surface area contributed by atoms with Crippen molar-refractivity contribution >= 4 is 16.7 Å². The first kappa shape index (κ1) is 31.9. The molecule has 5 N–H and O–H groups in total. The summed E-state index contributed by atoms with van der Waals surface area (Å²) in [7, 11) is 0. The van der Waals surface area contributed by atoms with Gasteiger partial charge in [0.15, 0.2) is 5.43 Å². The van der Waals surface area contributed by atoms with Crippen LogP contribution in [0.2, 0.25) is 0 Å². The smallest absolute Gasteiger partial charge is 0.192 e. The van der Waals surface area contributed by atoms with Crippen LogP contribution in [0.3, 0.4) is 0 Å². The molecule has 244 valence electrons. The van der Waals surface area contributed by atoms with Crippen LogP contribution in [0.5, 0.6) is 5.75 Å². The maximum atomic E-state index is 12.7. The predicted octanol–water partition coefficient (Wildman–Crippen LogP) is 1.66. The molecule has 0 spiro atoms. The van der Waals surface area contributed by atoms with Crippen LogP contribution in [0, 0.1) is 12.8 Å². The van der Waals surface area contributed by atoms with Crippen molar-refractivity contribution < 1.29 is 44.5 Å². The Hall–Kier alpha value is -3.10. The van der Waals surface area contributed by atoms with Crippen molar-refractivity contribution in [2.24, 2.45) is 10.9 Å². The molecule has 12 heteroatoms. The molecule has 6 rings (SSSR count). The summed E-state index contributed by atoms with van der Waals surface area (Å²) in [6.07, 6.45) is 6.34. The minimum absolute atomic E-state index is 0.147. The molecule has 4 aliphatic rings. The number of aliphatic imine (C=N–C) groups is 1. The van der Waals surface area contributed by atoms with Gasteiger partial charge in [-0.15, -0.1) is 0 Å². The molecular weight excluding hydrogens is 584 g/mol.